The molecule has 0 fully saturated rings. The highest BCUT2D eigenvalue weighted by Gasteiger charge is 2.35. The summed E-state index contributed by atoms with van der Waals surface area (Å²) in [7, 11) is 1.32. The molecule has 2 amide bonds. The minimum Gasteiger partial charge on any atom is -0.467 e. The molecular weight excluding hydrogens is 256 g/mol. The predicted molar refractivity (Wildman–Crippen MR) is 78.7 cm³/mol. The van der Waals surface area contributed by atoms with E-state index in [4.69, 9.17) is 4.74 Å². The van der Waals surface area contributed by atoms with Crippen molar-refractivity contribution < 1.29 is 14.3 Å². The van der Waals surface area contributed by atoms with Gasteiger partial charge in [0, 0.05) is 5.69 Å². The van der Waals surface area contributed by atoms with E-state index in [0.29, 0.717) is 12.1 Å². The third kappa shape index (κ3) is 4.26. The number of benzene rings is 1. The molecule has 0 aromatic heterocycles. The number of esters is 1. The van der Waals surface area contributed by atoms with Gasteiger partial charge in [0.1, 0.15) is 5.54 Å². The number of methoxy groups -OCH3 is 1. The lowest BCUT2D eigenvalue weighted by molar-refractivity contribution is -0.147. The second kappa shape index (κ2) is 6.93. The average molecular weight is 278 g/mol. The highest BCUT2D eigenvalue weighted by atomic mass is 16.5. The number of rotatable bonds is 5. The second-order valence-electron chi connectivity index (χ2n) is 5.02. The first-order valence-electron chi connectivity index (χ1n) is 6.65. The highest BCUT2D eigenvalue weighted by molar-refractivity contribution is 5.94. The molecule has 0 spiro atoms. The zero-order chi connectivity index (χ0) is 15.2. The van der Waals surface area contributed by atoms with Crippen LogP contribution in [-0.4, -0.2) is 24.6 Å². The molecule has 0 radical (unpaired) electrons. The molecule has 1 rings (SSSR count). The van der Waals surface area contributed by atoms with Gasteiger partial charge in [0.05, 0.1) is 7.11 Å². The Morgan fingerprint density at radius 3 is 2.35 bits per heavy atom. The van der Waals surface area contributed by atoms with Gasteiger partial charge in [-0.15, -0.1) is 0 Å². The van der Waals surface area contributed by atoms with Crippen molar-refractivity contribution >= 4 is 17.7 Å². The lowest BCUT2D eigenvalue weighted by Crippen LogP contribution is -2.54. The topological polar surface area (TPSA) is 67.4 Å². The molecule has 2 N–H and O–H groups in total. The Hall–Kier alpha value is -2.04. The van der Waals surface area contributed by atoms with Crippen molar-refractivity contribution in [3.8, 4) is 0 Å². The van der Waals surface area contributed by atoms with Gasteiger partial charge in [-0.3, -0.25) is 0 Å². The number of ether oxygens (including phenoxy) is 1. The minimum atomic E-state index is -1.02. The van der Waals surface area contributed by atoms with Crippen LogP contribution >= 0.6 is 0 Å². The van der Waals surface area contributed by atoms with E-state index >= 15 is 0 Å². The van der Waals surface area contributed by atoms with Gasteiger partial charge in [-0.05, 0) is 32.4 Å². The van der Waals surface area contributed by atoms with E-state index in [-0.39, 0.29) is 0 Å². The van der Waals surface area contributed by atoms with Crippen LogP contribution in [0.3, 0.4) is 0 Å². The van der Waals surface area contributed by atoms with E-state index in [1.807, 2.05) is 38.1 Å². The van der Waals surface area contributed by atoms with Crippen molar-refractivity contribution in [3.63, 3.8) is 0 Å². The summed E-state index contributed by atoms with van der Waals surface area (Å²) >= 11 is 0. The second-order valence-corrected chi connectivity index (χ2v) is 5.02. The molecule has 0 aliphatic rings. The van der Waals surface area contributed by atoms with E-state index < -0.39 is 17.5 Å². The van der Waals surface area contributed by atoms with E-state index in [2.05, 4.69) is 10.6 Å². The Labute approximate surface area is 119 Å². The van der Waals surface area contributed by atoms with Crippen LogP contribution in [0.25, 0.3) is 0 Å². The number of nitrogens with one attached hydrogen (secondary N) is 2. The Morgan fingerprint density at radius 1 is 1.25 bits per heavy atom. The van der Waals surface area contributed by atoms with Crippen LogP contribution in [0.15, 0.2) is 24.3 Å². The fourth-order valence-electron chi connectivity index (χ4n) is 1.99. The molecule has 1 atom stereocenters. The number of hydrogen-bond acceptors (Lipinski definition) is 3. The van der Waals surface area contributed by atoms with Crippen LogP contribution in [0, 0.1) is 6.92 Å². The number of amides is 2. The first-order chi connectivity index (χ1) is 9.41. The van der Waals surface area contributed by atoms with E-state index in [9.17, 15) is 9.59 Å². The Morgan fingerprint density at radius 2 is 1.85 bits per heavy atom. The molecule has 110 valence electrons. The van der Waals surface area contributed by atoms with Gasteiger partial charge < -0.3 is 15.4 Å². The number of urea groups is 1. The largest absolute Gasteiger partial charge is 0.467 e. The van der Waals surface area contributed by atoms with Crippen LogP contribution in [0.2, 0.25) is 0 Å². The molecule has 1 unspecified atom stereocenters. The lowest BCUT2D eigenvalue weighted by atomic mass is 9.96. The summed E-state index contributed by atoms with van der Waals surface area (Å²) in [5, 5.41) is 5.39. The summed E-state index contributed by atoms with van der Waals surface area (Å²) < 4.78 is 4.75. The van der Waals surface area contributed by atoms with E-state index in [1.54, 1.807) is 6.92 Å². The molecule has 0 saturated carbocycles. The molecule has 5 heteroatoms. The van der Waals surface area contributed by atoms with Crippen molar-refractivity contribution in [2.24, 2.45) is 0 Å². The van der Waals surface area contributed by atoms with Gasteiger partial charge in [0.15, 0.2) is 0 Å². The zero-order valence-electron chi connectivity index (χ0n) is 12.4. The first kappa shape index (κ1) is 16.0. The smallest absolute Gasteiger partial charge is 0.331 e. The van der Waals surface area contributed by atoms with Crippen LogP contribution in [0.1, 0.15) is 32.3 Å². The van der Waals surface area contributed by atoms with Gasteiger partial charge in [0.25, 0.3) is 0 Å². The molecule has 1 aromatic carbocycles. The molecular formula is C15H22N2O3. The molecule has 20 heavy (non-hydrogen) atoms. The maximum atomic E-state index is 12.0. The monoisotopic (exact) mass is 278 g/mol. The SMILES string of the molecule is CCCC(C)(NC(=O)Nc1ccc(C)cc1)C(=O)OC. The zero-order valence-corrected chi connectivity index (χ0v) is 12.4. The van der Waals surface area contributed by atoms with Crippen LogP contribution < -0.4 is 10.6 Å². The summed E-state index contributed by atoms with van der Waals surface area (Å²) in [6.07, 6.45) is 1.28. The maximum Gasteiger partial charge on any atom is 0.331 e. The van der Waals surface area contributed by atoms with Crippen molar-refractivity contribution in [2.75, 3.05) is 12.4 Å². The summed E-state index contributed by atoms with van der Waals surface area (Å²) in [5.74, 6) is -0.446. The molecule has 0 saturated heterocycles. The number of anilines is 1. The highest BCUT2D eigenvalue weighted by Crippen LogP contribution is 2.15. The van der Waals surface area contributed by atoms with Crippen molar-refractivity contribution in [1.82, 2.24) is 5.32 Å². The Balaban J connectivity index is 2.71. The first-order valence-corrected chi connectivity index (χ1v) is 6.65. The summed E-state index contributed by atoms with van der Waals surface area (Å²) in [4.78, 5) is 23.8. The fourth-order valence-corrected chi connectivity index (χ4v) is 1.99. The maximum absolute atomic E-state index is 12.0. The van der Waals surface area contributed by atoms with Gasteiger partial charge >= 0.3 is 12.0 Å². The quantitative estimate of drug-likeness (QED) is 0.814. The fraction of sp³-hybridized carbons (Fsp3) is 0.467. The Kier molecular flexibility index (Phi) is 5.55. The molecule has 0 bridgehead atoms. The Bertz CT molecular complexity index is 471. The molecule has 0 aliphatic heterocycles. The van der Waals surface area contributed by atoms with Gasteiger partial charge in [-0.25, -0.2) is 9.59 Å². The van der Waals surface area contributed by atoms with E-state index in [0.717, 1.165) is 12.0 Å². The van der Waals surface area contributed by atoms with Crippen LogP contribution in [0.4, 0.5) is 10.5 Å². The van der Waals surface area contributed by atoms with Gasteiger partial charge in [-0.1, -0.05) is 31.0 Å². The summed E-state index contributed by atoms with van der Waals surface area (Å²) in [6.45, 7) is 5.58. The number of carbonyl (C=O) groups excluding carboxylic acids is 2. The van der Waals surface area contributed by atoms with Gasteiger partial charge in [0.2, 0.25) is 0 Å². The van der Waals surface area contributed by atoms with Gasteiger partial charge in [-0.2, -0.15) is 0 Å². The minimum absolute atomic E-state index is 0.421. The van der Waals surface area contributed by atoms with Crippen LogP contribution in [-0.2, 0) is 9.53 Å². The van der Waals surface area contributed by atoms with E-state index in [1.165, 1.54) is 7.11 Å². The summed E-state index contributed by atoms with van der Waals surface area (Å²) in [5.41, 5.74) is 0.774. The normalized spacial score (nSPS) is 13.2. The number of aryl methyl sites for hydroxylation is 1. The lowest BCUT2D eigenvalue weighted by Gasteiger charge is -2.27. The average Bonchev–Trinajstić information content (AvgIpc) is 2.40. The third-order valence-corrected chi connectivity index (χ3v) is 3.08. The number of carbonyl (C=O) groups is 2. The molecule has 1 aromatic rings. The molecule has 5 nitrogen and oxygen atoms in total. The summed E-state index contributed by atoms with van der Waals surface area (Å²) in [6, 6.07) is 7.01. The van der Waals surface area contributed by atoms with Crippen molar-refractivity contribution in [2.45, 2.75) is 39.2 Å². The molecule has 0 heterocycles. The third-order valence-electron chi connectivity index (χ3n) is 3.08. The standard InChI is InChI=1S/C15H22N2O3/c1-5-10-15(3,13(18)20-4)17-14(19)16-12-8-6-11(2)7-9-12/h6-9H,5,10H2,1-4H3,(H2,16,17,19). The van der Waals surface area contributed by atoms with Crippen molar-refractivity contribution in [1.29, 1.82) is 0 Å². The predicted octanol–water partition coefficient (Wildman–Crippen LogP) is 2.85. The molecule has 0 aliphatic carbocycles. The van der Waals surface area contributed by atoms with Crippen molar-refractivity contribution in [3.05, 3.63) is 29.8 Å². The van der Waals surface area contributed by atoms with Crippen LogP contribution in [0.5, 0.6) is 0 Å². The number of hydrogen-bond donors (Lipinski definition) is 2.